The minimum atomic E-state index is -0.964. The molecule has 0 radical (unpaired) electrons. The smallest absolute Gasteiger partial charge is 0.305 e. The highest BCUT2D eigenvalue weighted by Gasteiger charge is 2.19. The number of hydrogen-bond acceptors (Lipinski definition) is 4. The molecular weight excluding hydrogens is 376 g/mol. The second-order valence-electron chi connectivity index (χ2n) is 5.57. The molecule has 1 atom stereocenters. The molecule has 1 aromatic heterocycles. The average Bonchev–Trinajstić information content (AvgIpc) is 2.83. The quantitative estimate of drug-likeness (QED) is 0.751. The van der Waals surface area contributed by atoms with Gasteiger partial charge in [-0.2, -0.15) is 0 Å². The van der Waals surface area contributed by atoms with Gasteiger partial charge in [0.15, 0.2) is 0 Å². The topological polar surface area (TPSA) is 92.4 Å². The van der Waals surface area contributed by atoms with Crippen molar-refractivity contribution in [3.05, 3.63) is 51.3 Å². The maximum atomic E-state index is 12.2. The van der Waals surface area contributed by atoms with E-state index in [1.807, 2.05) is 26.0 Å². The summed E-state index contributed by atoms with van der Waals surface area (Å²) in [6.45, 7) is 3.64. The third-order valence-electron chi connectivity index (χ3n) is 3.77. The first-order valence-corrected chi connectivity index (χ1v) is 8.34. The van der Waals surface area contributed by atoms with Crippen LogP contribution in [0.4, 0.5) is 0 Å². The normalized spacial score (nSPS) is 12.0. The summed E-state index contributed by atoms with van der Waals surface area (Å²) in [5.74, 6) is -0.464. The molecule has 6 nitrogen and oxygen atoms in total. The summed E-state index contributed by atoms with van der Waals surface area (Å²) in [7, 11) is 0. The molecule has 2 aromatic rings. The van der Waals surface area contributed by atoms with Crippen LogP contribution in [0.15, 0.2) is 33.3 Å². The first kappa shape index (κ1) is 18.2. The summed E-state index contributed by atoms with van der Waals surface area (Å²) in [6, 6.07) is 6.67. The van der Waals surface area contributed by atoms with Gasteiger partial charge in [0.2, 0.25) is 5.91 Å². The van der Waals surface area contributed by atoms with Crippen molar-refractivity contribution in [2.75, 3.05) is 0 Å². The lowest BCUT2D eigenvalue weighted by Crippen LogP contribution is -2.30. The predicted molar refractivity (Wildman–Crippen MR) is 91.6 cm³/mol. The molecule has 0 spiro atoms. The molecule has 1 aromatic carbocycles. The fourth-order valence-corrected chi connectivity index (χ4v) is 2.75. The predicted octanol–water partition coefficient (Wildman–Crippen LogP) is 3.32. The highest BCUT2D eigenvalue weighted by Crippen LogP contribution is 2.20. The Bertz CT molecular complexity index is 705. The molecule has 0 saturated heterocycles. The average molecular weight is 395 g/mol. The van der Waals surface area contributed by atoms with Crippen molar-refractivity contribution in [1.29, 1.82) is 0 Å². The zero-order valence-corrected chi connectivity index (χ0v) is 15.1. The number of amides is 1. The lowest BCUT2D eigenvalue weighted by Gasteiger charge is -2.17. The van der Waals surface area contributed by atoms with E-state index < -0.39 is 12.0 Å². The van der Waals surface area contributed by atoms with Crippen molar-refractivity contribution in [2.45, 2.75) is 39.2 Å². The maximum Gasteiger partial charge on any atom is 0.305 e. The summed E-state index contributed by atoms with van der Waals surface area (Å²) in [5.41, 5.74) is 2.45. The van der Waals surface area contributed by atoms with Gasteiger partial charge in [-0.25, -0.2) is 0 Å². The zero-order valence-electron chi connectivity index (χ0n) is 13.5. The van der Waals surface area contributed by atoms with Crippen molar-refractivity contribution in [1.82, 2.24) is 10.5 Å². The number of carboxylic acid groups (broad SMARTS) is 1. The lowest BCUT2D eigenvalue weighted by molar-refractivity contribution is -0.137. The zero-order chi connectivity index (χ0) is 17.7. The highest BCUT2D eigenvalue weighted by molar-refractivity contribution is 9.10. The molecule has 128 valence electrons. The molecule has 24 heavy (non-hydrogen) atoms. The molecule has 0 aliphatic heterocycles. The van der Waals surface area contributed by atoms with Gasteiger partial charge in [0.05, 0.1) is 18.2 Å². The molecular formula is C17H19BrN2O4. The van der Waals surface area contributed by atoms with Crippen LogP contribution in [0.5, 0.6) is 0 Å². The Hall–Kier alpha value is -2.15. The molecule has 1 amide bonds. The number of aryl methyl sites for hydroxylation is 2. The van der Waals surface area contributed by atoms with Gasteiger partial charge in [-0.3, -0.25) is 9.59 Å². The molecule has 1 heterocycles. The number of carboxylic acids is 1. The van der Waals surface area contributed by atoms with Crippen LogP contribution in [0.2, 0.25) is 0 Å². The van der Waals surface area contributed by atoms with Gasteiger partial charge in [0.25, 0.3) is 0 Å². The first-order chi connectivity index (χ1) is 11.4. The van der Waals surface area contributed by atoms with Gasteiger partial charge in [0, 0.05) is 16.5 Å². The fraction of sp³-hybridized carbons (Fsp3) is 0.353. The summed E-state index contributed by atoms with van der Waals surface area (Å²) >= 11 is 3.34. The van der Waals surface area contributed by atoms with E-state index in [0.29, 0.717) is 12.2 Å². The third kappa shape index (κ3) is 4.92. The number of aromatic nitrogens is 1. The van der Waals surface area contributed by atoms with E-state index in [-0.39, 0.29) is 18.7 Å². The Labute approximate surface area is 148 Å². The SMILES string of the molecule is Cc1noc(C)c1CCC(=O)NC(CC(=O)O)c1ccc(Br)cc1. The molecule has 0 bridgehead atoms. The van der Waals surface area contributed by atoms with E-state index in [0.717, 1.165) is 21.3 Å². The van der Waals surface area contributed by atoms with Crippen LogP contribution < -0.4 is 5.32 Å². The highest BCUT2D eigenvalue weighted by atomic mass is 79.9. The molecule has 1 unspecified atom stereocenters. The van der Waals surface area contributed by atoms with Gasteiger partial charge in [-0.15, -0.1) is 0 Å². The van der Waals surface area contributed by atoms with Gasteiger partial charge in [-0.1, -0.05) is 33.2 Å². The first-order valence-electron chi connectivity index (χ1n) is 7.55. The van der Waals surface area contributed by atoms with E-state index in [4.69, 9.17) is 9.63 Å². The Morgan fingerprint density at radius 3 is 2.50 bits per heavy atom. The summed E-state index contributed by atoms with van der Waals surface area (Å²) in [6.07, 6.45) is 0.585. The van der Waals surface area contributed by atoms with E-state index in [1.54, 1.807) is 12.1 Å². The van der Waals surface area contributed by atoms with Crippen molar-refractivity contribution in [2.24, 2.45) is 0 Å². The van der Waals surface area contributed by atoms with Crippen molar-refractivity contribution < 1.29 is 19.2 Å². The number of carbonyl (C=O) groups is 2. The number of benzene rings is 1. The monoisotopic (exact) mass is 394 g/mol. The van der Waals surface area contributed by atoms with E-state index in [9.17, 15) is 9.59 Å². The molecule has 0 aliphatic rings. The van der Waals surface area contributed by atoms with Gasteiger partial charge >= 0.3 is 5.97 Å². The van der Waals surface area contributed by atoms with Crippen LogP contribution in [0.3, 0.4) is 0 Å². The number of halogens is 1. The number of nitrogens with zero attached hydrogens (tertiary/aromatic N) is 1. The van der Waals surface area contributed by atoms with Crippen molar-refractivity contribution in [3.8, 4) is 0 Å². The van der Waals surface area contributed by atoms with Crippen LogP contribution in [-0.2, 0) is 16.0 Å². The van der Waals surface area contributed by atoms with Crippen molar-refractivity contribution in [3.63, 3.8) is 0 Å². The summed E-state index contributed by atoms with van der Waals surface area (Å²) in [4.78, 5) is 23.3. The summed E-state index contributed by atoms with van der Waals surface area (Å²) < 4.78 is 5.97. The van der Waals surface area contributed by atoms with Crippen LogP contribution in [0.25, 0.3) is 0 Å². The Kier molecular flexibility index (Phi) is 6.14. The molecule has 0 aliphatic carbocycles. The third-order valence-corrected chi connectivity index (χ3v) is 4.30. The Morgan fingerprint density at radius 2 is 1.96 bits per heavy atom. The largest absolute Gasteiger partial charge is 0.481 e. The van der Waals surface area contributed by atoms with E-state index in [1.165, 1.54) is 0 Å². The van der Waals surface area contributed by atoms with Gasteiger partial charge in [0.1, 0.15) is 5.76 Å². The number of carbonyl (C=O) groups excluding carboxylic acids is 1. The van der Waals surface area contributed by atoms with Gasteiger partial charge in [-0.05, 0) is 38.0 Å². The second-order valence-corrected chi connectivity index (χ2v) is 6.49. The van der Waals surface area contributed by atoms with Crippen LogP contribution in [0, 0.1) is 13.8 Å². The Balaban J connectivity index is 2.01. The number of hydrogen-bond donors (Lipinski definition) is 2. The number of aliphatic carboxylic acids is 1. The second kappa shape index (κ2) is 8.10. The number of nitrogens with one attached hydrogen (secondary N) is 1. The van der Waals surface area contributed by atoms with Gasteiger partial charge < -0.3 is 14.9 Å². The Morgan fingerprint density at radius 1 is 1.29 bits per heavy atom. The maximum absolute atomic E-state index is 12.2. The minimum Gasteiger partial charge on any atom is -0.481 e. The molecule has 2 N–H and O–H groups in total. The number of rotatable bonds is 7. The molecule has 0 saturated carbocycles. The standard InChI is InChI=1S/C17H19BrN2O4/c1-10-14(11(2)24-20-10)7-8-16(21)19-15(9-17(22)23)12-3-5-13(18)6-4-12/h3-6,15H,7-9H2,1-2H3,(H,19,21)(H,22,23). The van der Waals surface area contributed by atoms with Crippen LogP contribution in [0.1, 0.15) is 41.5 Å². The lowest BCUT2D eigenvalue weighted by atomic mass is 10.0. The van der Waals surface area contributed by atoms with E-state index in [2.05, 4.69) is 26.4 Å². The minimum absolute atomic E-state index is 0.168. The van der Waals surface area contributed by atoms with Crippen LogP contribution in [-0.4, -0.2) is 22.1 Å². The summed E-state index contributed by atoms with van der Waals surface area (Å²) in [5, 5.41) is 15.7. The van der Waals surface area contributed by atoms with Crippen LogP contribution >= 0.6 is 15.9 Å². The van der Waals surface area contributed by atoms with Crippen molar-refractivity contribution >= 4 is 27.8 Å². The fourth-order valence-electron chi connectivity index (χ4n) is 2.49. The van der Waals surface area contributed by atoms with E-state index >= 15 is 0 Å². The molecule has 2 rings (SSSR count). The molecule has 7 heteroatoms. The molecule has 0 fully saturated rings.